The predicted octanol–water partition coefficient (Wildman–Crippen LogP) is 4.65. The van der Waals surface area contributed by atoms with Crippen molar-refractivity contribution in [1.82, 2.24) is 10.3 Å². The highest BCUT2D eigenvalue weighted by Gasteiger charge is 2.33. The van der Waals surface area contributed by atoms with Gasteiger partial charge in [-0.1, -0.05) is 41.7 Å². The molecule has 32 heavy (non-hydrogen) atoms. The first-order valence-corrected chi connectivity index (χ1v) is 11.3. The average molecular weight is 456 g/mol. The van der Waals surface area contributed by atoms with Crippen molar-refractivity contribution < 1.29 is 18.4 Å². The summed E-state index contributed by atoms with van der Waals surface area (Å²) in [5, 5.41) is 3.35. The van der Waals surface area contributed by atoms with Crippen LogP contribution in [0.15, 0.2) is 48.5 Å². The zero-order valence-electron chi connectivity index (χ0n) is 17.6. The molecule has 0 bridgehead atoms. The number of aromatic nitrogens is 1. The Balaban J connectivity index is 1.46. The maximum absolute atomic E-state index is 14.1. The highest BCUT2D eigenvalue weighted by atomic mass is 32.1. The number of rotatable bonds is 6. The number of amides is 2. The summed E-state index contributed by atoms with van der Waals surface area (Å²) in [5.74, 6) is -1.91. The third kappa shape index (κ3) is 4.85. The Morgan fingerprint density at radius 3 is 2.78 bits per heavy atom. The van der Waals surface area contributed by atoms with Crippen LogP contribution in [-0.4, -0.2) is 23.3 Å². The van der Waals surface area contributed by atoms with Crippen LogP contribution in [0.4, 0.5) is 13.9 Å². The molecule has 1 saturated heterocycles. The summed E-state index contributed by atoms with van der Waals surface area (Å²) < 4.78 is 27.6. The molecular weight excluding hydrogens is 432 g/mol. The topological polar surface area (TPSA) is 62.3 Å². The molecule has 1 aliphatic heterocycles. The third-order valence-electron chi connectivity index (χ3n) is 5.54. The molecule has 1 atom stereocenters. The molecule has 4 rings (SSSR count). The van der Waals surface area contributed by atoms with Crippen molar-refractivity contribution in [3.63, 3.8) is 0 Å². The van der Waals surface area contributed by atoms with E-state index in [-0.39, 0.29) is 23.8 Å². The number of thiazole rings is 1. The van der Waals surface area contributed by atoms with Gasteiger partial charge in [-0.25, -0.2) is 13.8 Å². The number of benzene rings is 2. The fourth-order valence-corrected chi connectivity index (χ4v) is 4.88. The standard InChI is InChI=1S/C24H23F2N3O2S/c1-15-21(22(30)27-14-16-6-3-2-4-7-16)32-24(28-15)29-11-5-8-17(23(29)31)12-18-13-19(25)9-10-20(18)26/h2-4,6-7,9-10,13,17H,5,8,11-12,14H2,1H3,(H,27,30). The molecule has 166 valence electrons. The van der Waals surface area contributed by atoms with Crippen molar-refractivity contribution >= 4 is 28.3 Å². The third-order valence-corrected chi connectivity index (χ3v) is 6.72. The molecule has 0 spiro atoms. The van der Waals surface area contributed by atoms with E-state index in [9.17, 15) is 18.4 Å². The number of nitrogens with one attached hydrogen (secondary N) is 1. The largest absolute Gasteiger partial charge is 0.347 e. The summed E-state index contributed by atoms with van der Waals surface area (Å²) >= 11 is 1.17. The second-order valence-corrected chi connectivity index (χ2v) is 8.83. The van der Waals surface area contributed by atoms with Gasteiger partial charge in [0.05, 0.1) is 5.69 Å². The SMILES string of the molecule is Cc1nc(N2CCCC(Cc3cc(F)ccc3F)C2=O)sc1C(=O)NCc1ccccc1. The van der Waals surface area contributed by atoms with Crippen LogP contribution >= 0.6 is 11.3 Å². The quantitative estimate of drug-likeness (QED) is 0.589. The molecule has 1 unspecified atom stereocenters. The van der Waals surface area contributed by atoms with Crippen LogP contribution in [-0.2, 0) is 17.8 Å². The minimum Gasteiger partial charge on any atom is -0.347 e. The molecule has 0 saturated carbocycles. The number of anilines is 1. The molecular formula is C24H23F2N3O2S. The van der Waals surface area contributed by atoms with E-state index in [1.807, 2.05) is 30.3 Å². The maximum atomic E-state index is 14.1. The van der Waals surface area contributed by atoms with Gasteiger partial charge < -0.3 is 5.32 Å². The van der Waals surface area contributed by atoms with Gasteiger partial charge in [-0.3, -0.25) is 14.5 Å². The highest BCUT2D eigenvalue weighted by Crippen LogP contribution is 2.32. The predicted molar refractivity (Wildman–Crippen MR) is 120 cm³/mol. The van der Waals surface area contributed by atoms with E-state index < -0.39 is 17.6 Å². The van der Waals surface area contributed by atoms with Crippen LogP contribution in [0.1, 0.15) is 39.3 Å². The van der Waals surface area contributed by atoms with Crippen molar-refractivity contribution in [1.29, 1.82) is 0 Å². The Labute approximate surface area is 189 Å². The van der Waals surface area contributed by atoms with Gasteiger partial charge in [0, 0.05) is 19.0 Å². The Morgan fingerprint density at radius 2 is 2.00 bits per heavy atom. The summed E-state index contributed by atoms with van der Waals surface area (Å²) in [6.45, 7) is 2.63. The second kappa shape index (κ2) is 9.56. The van der Waals surface area contributed by atoms with E-state index >= 15 is 0 Å². The summed E-state index contributed by atoms with van der Waals surface area (Å²) in [5.41, 5.74) is 1.74. The van der Waals surface area contributed by atoms with Crippen molar-refractivity contribution in [3.05, 3.63) is 81.9 Å². The van der Waals surface area contributed by atoms with Gasteiger partial charge in [0.15, 0.2) is 5.13 Å². The van der Waals surface area contributed by atoms with E-state index in [2.05, 4.69) is 10.3 Å². The molecule has 2 aromatic carbocycles. The number of aryl methyl sites for hydroxylation is 1. The van der Waals surface area contributed by atoms with Crippen molar-refractivity contribution in [3.8, 4) is 0 Å². The first kappa shape index (κ1) is 22.1. The normalized spacial score (nSPS) is 16.3. The Hall–Kier alpha value is -3.13. The molecule has 1 N–H and O–H groups in total. The highest BCUT2D eigenvalue weighted by molar-refractivity contribution is 7.17. The molecule has 3 aromatic rings. The van der Waals surface area contributed by atoms with E-state index in [4.69, 9.17) is 0 Å². The number of halogens is 2. The lowest BCUT2D eigenvalue weighted by Crippen LogP contribution is -2.42. The molecule has 2 amide bonds. The molecule has 5 nitrogen and oxygen atoms in total. The number of nitrogens with zero attached hydrogens (tertiary/aromatic N) is 2. The molecule has 8 heteroatoms. The van der Waals surface area contributed by atoms with Crippen molar-refractivity contribution in [2.45, 2.75) is 32.7 Å². The first-order valence-electron chi connectivity index (χ1n) is 10.5. The van der Waals surface area contributed by atoms with Gasteiger partial charge in [-0.2, -0.15) is 0 Å². The lowest BCUT2D eigenvalue weighted by molar-refractivity contribution is -0.123. The number of piperidine rings is 1. The van der Waals surface area contributed by atoms with Crippen molar-refractivity contribution in [2.75, 3.05) is 11.4 Å². The van der Waals surface area contributed by atoms with E-state index in [1.165, 1.54) is 11.3 Å². The van der Waals surface area contributed by atoms with Crippen LogP contribution < -0.4 is 10.2 Å². The van der Waals surface area contributed by atoms with E-state index in [0.717, 1.165) is 30.2 Å². The number of hydrogen-bond acceptors (Lipinski definition) is 4. The lowest BCUT2D eigenvalue weighted by Gasteiger charge is -2.30. The van der Waals surface area contributed by atoms with Crippen LogP contribution in [0.5, 0.6) is 0 Å². The Bertz CT molecular complexity index is 1130. The van der Waals surface area contributed by atoms with Gasteiger partial charge >= 0.3 is 0 Å². The summed E-state index contributed by atoms with van der Waals surface area (Å²) in [4.78, 5) is 32.3. The molecule has 1 aliphatic rings. The van der Waals surface area contributed by atoms with E-state index in [1.54, 1.807) is 11.8 Å². The number of carbonyl (C=O) groups excluding carboxylic acids is 2. The fraction of sp³-hybridized carbons (Fsp3) is 0.292. The van der Waals surface area contributed by atoms with Gasteiger partial charge in [-0.05, 0) is 55.5 Å². The smallest absolute Gasteiger partial charge is 0.263 e. The zero-order chi connectivity index (χ0) is 22.7. The summed E-state index contributed by atoms with van der Waals surface area (Å²) in [7, 11) is 0. The monoisotopic (exact) mass is 455 g/mol. The number of hydrogen-bond donors (Lipinski definition) is 1. The lowest BCUT2D eigenvalue weighted by atomic mass is 9.90. The average Bonchev–Trinajstić information content (AvgIpc) is 3.18. The molecule has 1 aromatic heterocycles. The van der Waals surface area contributed by atoms with Gasteiger partial charge in [0.25, 0.3) is 5.91 Å². The van der Waals surface area contributed by atoms with Crippen molar-refractivity contribution in [2.24, 2.45) is 5.92 Å². The Kier molecular flexibility index (Phi) is 6.60. The minimum absolute atomic E-state index is 0.133. The molecule has 2 heterocycles. The second-order valence-electron chi connectivity index (χ2n) is 7.85. The minimum atomic E-state index is -0.525. The fourth-order valence-electron chi connectivity index (χ4n) is 3.86. The molecule has 0 radical (unpaired) electrons. The zero-order valence-corrected chi connectivity index (χ0v) is 18.4. The molecule has 0 aliphatic carbocycles. The van der Waals surface area contributed by atoms with Crippen LogP contribution in [0.25, 0.3) is 0 Å². The summed E-state index contributed by atoms with van der Waals surface area (Å²) in [6, 6.07) is 12.9. The van der Waals surface area contributed by atoms with Crippen LogP contribution in [0.3, 0.4) is 0 Å². The molecule has 1 fully saturated rings. The van der Waals surface area contributed by atoms with Gasteiger partial charge in [0.1, 0.15) is 16.5 Å². The van der Waals surface area contributed by atoms with Gasteiger partial charge in [0.2, 0.25) is 5.91 Å². The Morgan fingerprint density at radius 1 is 1.22 bits per heavy atom. The summed E-state index contributed by atoms with van der Waals surface area (Å²) in [6.07, 6.45) is 1.45. The van der Waals surface area contributed by atoms with Gasteiger partial charge in [-0.15, -0.1) is 0 Å². The first-order chi connectivity index (χ1) is 15.4. The maximum Gasteiger partial charge on any atom is 0.263 e. The van der Waals surface area contributed by atoms with Crippen LogP contribution in [0.2, 0.25) is 0 Å². The van der Waals surface area contributed by atoms with Crippen LogP contribution in [0, 0.1) is 24.5 Å². The van der Waals surface area contributed by atoms with E-state index in [0.29, 0.717) is 35.2 Å². The number of carbonyl (C=O) groups is 2.